The van der Waals surface area contributed by atoms with E-state index in [1.54, 1.807) is 0 Å². The van der Waals surface area contributed by atoms with Crippen LogP contribution in [0.4, 0.5) is 0 Å². The van der Waals surface area contributed by atoms with Crippen molar-refractivity contribution in [3.63, 3.8) is 0 Å². The Bertz CT molecular complexity index is 435. The van der Waals surface area contributed by atoms with Crippen molar-refractivity contribution in [2.45, 2.75) is 32.7 Å². The molecular weight excluding hydrogens is 210 g/mol. The maximum Gasteiger partial charge on any atom is 0.229 e. The average Bonchev–Trinajstić information content (AvgIpc) is 3.12. The van der Waals surface area contributed by atoms with Crippen molar-refractivity contribution in [3.05, 3.63) is 35.9 Å². The Balaban J connectivity index is 1.84. The van der Waals surface area contributed by atoms with Gasteiger partial charge in [0.05, 0.1) is 11.5 Å². The van der Waals surface area contributed by atoms with Crippen LogP contribution < -0.4 is 0 Å². The Morgan fingerprint density at radius 1 is 1.29 bits per heavy atom. The molecule has 0 bridgehead atoms. The minimum Gasteiger partial charge on any atom is -0.335 e. The van der Waals surface area contributed by atoms with Crippen molar-refractivity contribution < 1.29 is 4.79 Å². The van der Waals surface area contributed by atoms with Gasteiger partial charge in [0.25, 0.3) is 0 Å². The zero-order valence-electron chi connectivity index (χ0n) is 10.5. The van der Waals surface area contributed by atoms with Gasteiger partial charge in [0.1, 0.15) is 0 Å². The summed E-state index contributed by atoms with van der Waals surface area (Å²) in [5, 5.41) is 0. The van der Waals surface area contributed by atoms with Gasteiger partial charge in [-0.15, -0.1) is 0 Å². The number of benzene rings is 1. The van der Waals surface area contributed by atoms with Crippen LogP contribution >= 0.6 is 0 Å². The number of rotatable bonds is 2. The Morgan fingerprint density at radius 3 is 2.47 bits per heavy atom. The van der Waals surface area contributed by atoms with Crippen LogP contribution in [0, 0.1) is 11.3 Å². The fourth-order valence-electron chi connectivity index (χ4n) is 3.14. The van der Waals surface area contributed by atoms with E-state index in [4.69, 9.17) is 0 Å². The predicted octanol–water partition coefficient (Wildman–Crippen LogP) is 3.01. The smallest absolute Gasteiger partial charge is 0.229 e. The van der Waals surface area contributed by atoms with E-state index in [9.17, 15) is 4.79 Å². The summed E-state index contributed by atoms with van der Waals surface area (Å²) in [4.78, 5) is 14.5. The molecule has 1 saturated carbocycles. The van der Waals surface area contributed by atoms with Gasteiger partial charge in [0.15, 0.2) is 0 Å². The monoisotopic (exact) mass is 229 g/mol. The van der Waals surface area contributed by atoms with Crippen LogP contribution in [0.1, 0.15) is 38.3 Å². The number of carbonyl (C=O) groups is 1. The van der Waals surface area contributed by atoms with Gasteiger partial charge >= 0.3 is 0 Å². The van der Waals surface area contributed by atoms with Crippen LogP contribution in [0.2, 0.25) is 0 Å². The zero-order chi connectivity index (χ0) is 12.0. The summed E-state index contributed by atoms with van der Waals surface area (Å²) in [6, 6.07) is 10.5. The minimum atomic E-state index is 0.0308. The summed E-state index contributed by atoms with van der Waals surface area (Å²) in [5.74, 6) is 0.919. The second-order valence-corrected chi connectivity index (χ2v) is 5.60. The number of nitrogens with zero attached hydrogens (tertiary/aromatic N) is 1. The number of likely N-dealkylation sites (tertiary alicyclic amines) is 1. The molecule has 1 aliphatic carbocycles. The Morgan fingerprint density at radius 2 is 1.94 bits per heavy atom. The first kappa shape index (κ1) is 10.8. The van der Waals surface area contributed by atoms with E-state index in [0.717, 1.165) is 19.4 Å². The third kappa shape index (κ3) is 1.50. The van der Waals surface area contributed by atoms with Crippen LogP contribution in [0.3, 0.4) is 0 Å². The van der Waals surface area contributed by atoms with Gasteiger partial charge in [-0.25, -0.2) is 0 Å². The van der Waals surface area contributed by atoms with E-state index in [0.29, 0.717) is 11.8 Å². The van der Waals surface area contributed by atoms with Gasteiger partial charge in [0.2, 0.25) is 5.91 Å². The summed E-state index contributed by atoms with van der Waals surface area (Å²) >= 11 is 0. The molecule has 1 aliphatic heterocycles. The number of hydrogen-bond acceptors (Lipinski definition) is 1. The first-order chi connectivity index (χ1) is 8.15. The van der Waals surface area contributed by atoms with Crippen LogP contribution in [-0.4, -0.2) is 17.4 Å². The highest BCUT2D eigenvalue weighted by molar-refractivity contribution is 5.88. The van der Waals surface area contributed by atoms with Crippen molar-refractivity contribution in [2.75, 3.05) is 6.54 Å². The number of amides is 1. The molecule has 2 aliphatic rings. The minimum absolute atomic E-state index is 0.0308. The third-order valence-corrected chi connectivity index (χ3v) is 4.64. The molecule has 1 spiro atoms. The van der Waals surface area contributed by atoms with Gasteiger partial charge in [-0.05, 0) is 31.2 Å². The Labute approximate surface area is 103 Å². The topological polar surface area (TPSA) is 20.3 Å². The van der Waals surface area contributed by atoms with Crippen molar-refractivity contribution in [1.29, 1.82) is 0 Å². The van der Waals surface area contributed by atoms with Gasteiger partial charge < -0.3 is 4.90 Å². The van der Waals surface area contributed by atoms with Crippen molar-refractivity contribution in [1.82, 2.24) is 4.90 Å². The maximum atomic E-state index is 12.4. The summed E-state index contributed by atoms with van der Waals surface area (Å²) in [6.45, 7) is 5.29. The molecule has 1 amide bonds. The first-order valence-corrected chi connectivity index (χ1v) is 6.51. The van der Waals surface area contributed by atoms with Gasteiger partial charge in [0, 0.05) is 6.54 Å². The fraction of sp³-hybridized carbons (Fsp3) is 0.533. The summed E-state index contributed by atoms with van der Waals surface area (Å²) in [5.41, 5.74) is 1.27. The highest BCUT2D eigenvalue weighted by Crippen LogP contribution is 2.58. The Kier molecular flexibility index (Phi) is 2.29. The normalized spacial score (nSPS) is 27.5. The van der Waals surface area contributed by atoms with E-state index < -0.39 is 0 Å². The van der Waals surface area contributed by atoms with Gasteiger partial charge in [-0.2, -0.15) is 0 Å². The highest BCUT2D eigenvalue weighted by atomic mass is 16.2. The molecule has 2 fully saturated rings. The predicted molar refractivity (Wildman–Crippen MR) is 67.4 cm³/mol. The summed E-state index contributed by atoms with van der Waals surface area (Å²) in [6.07, 6.45) is 2.20. The van der Waals surface area contributed by atoms with E-state index in [-0.39, 0.29) is 11.5 Å². The zero-order valence-corrected chi connectivity index (χ0v) is 10.5. The lowest BCUT2D eigenvalue weighted by molar-refractivity contribution is -0.134. The average molecular weight is 229 g/mol. The molecule has 17 heavy (non-hydrogen) atoms. The quantitative estimate of drug-likeness (QED) is 0.763. The van der Waals surface area contributed by atoms with Crippen LogP contribution in [0.15, 0.2) is 30.3 Å². The Hall–Kier alpha value is -1.31. The number of carbonyl (C=O) groups excluding carboxylic acids is 1. The first-order valence-electron chi connectivity index (χ1n) is 6.51. The molecule has 2 heteroatoms. The third-order valence-electron chi connectivity index (χ3n) is 4.64. The lowest BCUT2D eigenvalue weighted by atomic mass is 9.94. The highest BCUT2D eigenvalue weighted by Gasteiger charge is 2.60. The van der Waals surface area contributed by atoms with Crippen molar-refractivity contribution >= 4 is 5.91 Å². The molecule has 0 N–H and O–H groups in total. The van der Waals surface area contributed by atoms with E-state index in [1.165, 1.54) is 5.56 Å². The van der Waals surface area contributed by atoms with E-state index in [2.05, 4.69) is 30.9 Å². The van der Waals surface area contributed by atoms with E-state index in [1.807, 2.05) is 18.2 Å². The lowest BCUT2D eigenvalue weighted by Crippen LogP contribution is -2.30. The fourth-order valence-corrected chi connectivity index (χ4v) is 3.14. The molecule has 1 heterocycles. The van der Waals surface area contributed by atoms with Crippen molar-refractivity contribution in [2.24, 2.45) is 11.3 Å². The molecule has 2 unspecified atom stereocenters. The van der Waals surface area contributed by atoms with Crippen LogP contribution in [0.5, 0.6) is 0 Å². The standard InChI is InChI=1S/C15H19NO/c1-11-10-16(14(17)15(11)8-9-15)12(2)13-6-4-3-5-7-13/h3-7,11-12H,8-10H2,1-2H3. The van der Waals surface area contributed by atoms with Crippen LogP contribution in [0.25, 0.3) is 0 Å². The molecule has 1 aromatic rings. The van der Waals surface area contributed by atoms with E-state index >= 15 is 0 Å². The largest absolute Gasteiger partial charge is 0.335 e. The van der Waals surface area contributed by atoms with Gasteiger partial charge in [-0.1, -0.05) is 37.3 Å². The molecule has 0 aromatic heterocycles. The van der Waals surface area contributed by atoms with Gasteiger partial charge in [-0.3, -0.25) is 4.79 Å². The maximum absolute atomic E-state index is 12.4. The molecule has 3 rings (SSSR count). The molecule has 1 saturated heterocycles. The van der Waals surface area contributed by atoms with Crippen molar-refractivity contribution in [3.8, 4) is 0 Å². The molecule has 2 nitrogen and oxygen atoms in total. The molecular formula is C15H19NO. The molecule has 2 atom stereocenters. The summed E-state index contributed by atoms with van der Waals surface area (Å²) in [7, 11) is 0. The molecule has 0 radical (unpaired) electrons. The second kappa shape index (κ2) is 3.59. The molecule has 90 valence electrons. The molecule has 1 aromatic carbocycles. The second-order valence-electron chi connectivity index (χ2n) is 5.60. The van der Waals surface area contributed by atoms with Crippen LogP contribution in [-0.2, 0) is 4.79 Å². The summed E-state index contributed by atoms with van der Waals surface area (Å²) < 4.78 is 0. The lowest BCUT2D eigenvalue weighted by Gasteiger charge is -2.25. The SMILES string of the molecule is CC(c1ccccc1)N1CC(C)C2(CC2)C1=O. The number of hydrogen-bond donors (Lipinski definition) is 0.